The molecule has 0 aromatic heterocycles. The summed E-state index contributed by atoms with van der Waals surface area (Å²) in [5, 5.41) is 6.45. The lowest BCUT2D eigenvalue weighted by atomic mass is 10.1. The van der Waals surface area contributed by atoms with Crippen molar-refractivity contribution < 1.29 is 4.74 Å². The van der Waals surface area contributed by atoms with Crippen molar-refractivity contribution in [3.05, 3.63) is 0 Å². The molecule has 0 saturated heterocycles. The molecule has 4 nitrogen and oxygen atoms in total. The van der Waals surface area contributed by atoms with Crippen LogP contribution in [0.3, 0.4) is 0 Å². The van der Waals surface area contributed by atoms with Gasteiger partial charge in [0.05, 0.1) is 6.61 Å². The highest BCUT2D eigenvalue weighted by Gasteiger charge is 1.97. The second kappa shape index (κ2) is 13.0. The van der Waals surface area contributed by atoms with Crippen molar-refractivity contribution in [2.24, 2.45) is 10.9 Å². The molecule has 5 heteroatoms. The van der Waals surface area contributed by atoms with Crippen LogP contribution in [0, 0.1) is 5.92 Å². The van der Waals surface area contributed by atoms with Crippen LogP contribution in [0.5, 0.6) is 0 Å². The Hall–Kier alpha value is -0.0400. The number of hydrogen-bond donors (Lipinski definition) is 2. The van der Waals surface area contributed by atoms with Crippen LogP contribution in [0.4, 0.5) is 0 Å². The fraction of sp³-hybridized carbons (Fsp3) is 0.909. The predicted octanol–water partition coefficient (Wildman–Crippen LogP) is 1.85. The van der Waals surface area contributed by atoms with E-state index >= 15 is 0 Å². The monoisotopic (exact) mass is 343 g/mol. The van der Waals surface area contributed by atoms with Crippen molar-refractivity contribution in [2.75, 3.05) is 33.4 Å². The van der Waals surface area contributed by atoms with Gasteiger partial charge in [-0.25, -0.2) is 0 Å². The van der Waals surface area contributed by atoms with Crippen LogP contribution >= 0.6 is 24.0 Å². The first-order valence-corrected chi connectivity index (χ1v) is 5.73. The van der Waals surface area contributed by atoms with E-state index in [-0.39, 0.29) is 24.0 Å². The summed E-state index contributed by atoms with van der Waals surface area (Å²) < 4.78 is 5.23. The van der Waals surface area contributed by atoms with E-state index < -0.39 is 0 Å². The molecule has 0 spiro atoms. The number of nitrogens with zero attached hydrogens (tertiary/aromatic N) is 1. The smallest absolute Gasteiger partial charge is 0.191 e. The van der Waals surface area contributed by atoms with Crippen LogP contribution in [0.2, 0.25) is 0 Å². The molecule has 0 fully saturated rings. The Morgan fingerprint density at radius 2 is 1.88 bits per heavy atom. The standard InChI is InChI=1S/C11H25N3O.HI/c1-5-15-9-8-14-11(12-4)13-7-6-10(2)3;/h10H,5-9H2,1-4H3,(H2,12,13,14);1H. The van der Waals surface area contributed by atoms with Crippen LogP contribution in [0.25, 0.3) is 0 Å². The van der Waals surface area contributed by atoms with E-state index in [0.29, 0.717) is 0 Å². The quantitative estimate of drug-likeness (QED) is 0.321. The van der Waals surface area contributed by atoms with E-state index in [1.54, 1.807) is 7.05 Å². The van der Waals surface area contributed by atoms with Crippen LogP contribution < -0.4 is 10.6 Å². The number of halogens is 1. The van der Waals surface area contributed by atoms with Crippen LogP contribution in [-0.2, 0) is 4.74 Å². The van der Waals surface area contributed by atoms with E-state index in [9.17, 15) is 0 Å². The minimum absolute atomic E-state index is 0. The molecule has 0 atom stereocenters. The number of ether oxygens (including phenoxy) is 1. The topological polar surface area (TPSA) is 45.6 Å². The molecule has 0 aromatic rings. The zero-order valence-electron chi connectivity index (χ0n) is 10.9. The fourth-order valence-electron chi connectivity index (χ4n) is 1.09. The summed E-state index contributed by atoms with van der Waals surface area (Å²) in [5.41, 5.74) is 0. The van der Waals surface area contributed by atoms with E-state index in [1.807, 2.05) is 6.92 Å². The number of hydrogen-bond acceptors (Lipinski definition) is 2. The molecule has 2 N–H and O–H groups in total. The van der Waals surface area contributed by atoms with Crippen molar-refractivity contribution >= 4 is 29.9 Å². The van der Waals surface area contributed by atoms with Gasteiger partial charge in [0.2, 0.25) is 0 Å². The van der Waals surface area contributed by atoms with Crippen LogP contribution in [0.15, 0.2) is 4.99 Å². The summed E-state index contributed by atoms with van der Waals surface area (Å²) in [6, 6.07) is 0. The molecule has 0 amide bonds. The highest BCUT2D eigenvalue weighted by molar-refractivity contribution is 14.0. The molecule has 0 aliphatic rings. The van der Waals surface area contributed by atoms with E-state index in [0.717, 1.165) is 44.6 Å². The average molecular weight is 343 g/mol. The average Bonchev–Trinajstić information content (AvgIpc) is 2.21. The van der Waals surface area contributed by atoms with Crippen LogP contribution in [0.1, 0.15) is 27.2 Å². The van der Waals surface area contributed by atoms with Crippen molar-refractivity contribution in [3.8, 4) is 0 Å². The highest BCUT2D eigenvalue weighted by atomic mass is 127. The first kappa shape index (κ1) is 18.3. The Kier molecular flexibility index (Phi) is 14.9. The van der Waals surface area contributed by atoms with E-state index in [4.69, 9.17) is 4.74 Å². The predicted molar refractivity (Wildman–Crippen MR) is 80.7 cm³/mol. The molecule has 0 saturated carbocycles. The van der Waals surface area contributed by atoms with Gasteiger partial charge in [0.25, 0.3) is 0 Å². The maximum absolute atomic E-state index is 5.23. The molecule has 0 unspecified atom stereocenters. The van der Waals surface area contributed by atoms with E-state index in [2.05, 4.69) is 29.5 Å². The van der Waals surface area contributed by atoms with Crippen molar-refractivity contribution in [1.29, 1.82) is 0 Å². The largest absolute Gasteiger partial charge is 0.380 e. The number of rotatable bonds is 7. The van der Waals surface area contributed by atoms with Gasteiger partial charge in [-0.3, -0.25) is 4.99 Å². The van der Waals surface area contributed by atoms with Gasteiger partial charge in [0.15, 0.2) is 5.96 Å². The SMILES string of the molecule is CCOCCNC(=NC)NCCC(C)C.I. The summed E-state index contributed by atoms with van der Waals surface area (Å²) in [7, 11) is 1.78. The summed E-state index contributed by atoms with van der Waals surface area (Å²) in [5.74, 6) is 1.58. The lowest BCUT2D eigenvalue weighted by Crippen LogP contribution is -2.39. The molecular weight excluding hydrogens is 317 g/mol. The molecule has 98 valence electrons. The number of aliphatic imine (C=N–C) groups is 1. The first-order valence-electron chi connectivity index (χ1n) is 5.73. The van der Waals surface area contributed by atoms with Gasteiger partial charge < -0.3 is 15.4 Å². The van der Waals surface area contributed by atoms with Crippen LogP contribution in [-0.4, -0.2) is 39.3 Å². The Morgan fingerprint density at radius 3 is 2.38 bits per heavy atom. The molecule has 0 rings (SSSR count). The van der Waals surface area contributed by atoms with Gasteiger partial charge in [-0.15, -0.1) is 24.0 Å². The van der Waals surface area contributed by atoms with Gasteiger partial charge in [0.1, 0.15) is 0 Å². The molecule has 16 heavy (non-hydrogen) atoms. The first-order chi connectivity index (χ1) is 7.20. The molecular formula is C11H26IN3O. The zero-order valence-corrected chi connectivity index (χ0v) is 13.2. The van der Waals surface area contributed by atoms with Gasteiger partial charge in [-0.2, -0.15) is 0 Å². The Bertz CT molecular complexity index is 175. The lowest BCUT2D eigenvalue weighted by molar-refractivity contribution is 0.152. The van der Waals surface area contributed by atoms with Gasteiger partial charge in [0, 0.05) is 26.7 Å². The van der Waals surface area contributed by atoms with E-state index in [1.165, 1.54) is 0 Å². The third-order valence-electron chi connectivity index (χ3n) is 1.98. The molecule has 0 bridgehead atoms. The normalized spacial score (nSPS) is 11.2. The summed E-state index contributed by atoms with van der Waals surface area (Å²) in [4.78, 5) is 4.12. The Morgan fingerprint density at radius 1 is 1.25 bits per heavy atom. The maximum Gasteiger partial charge on any atom is 0.191 e. The number of nitrogens with one attached hydrogen (secondary N) is 2. The summed E-state index contributed by atoms with van der Waals surface area (Å²) in [6.45, 7) is 9.68. The van der Waals surface area contributed by atoms with Gasteiger partial charge in [-0.1, -0.05) is 13.8 Å². The van der Waals surface area contributed by atoms with Gasteiger partial charge in [-0.05, 0) is 19.3 Å². The molecule has 0 aliphatic carbocycles. The highest BCUT2D eigenvalue weighted by Crippen LogP contribution is 1.95. The zero-order chi connectivity index (χ0) is 11.5. The van der Waals surface area contributed by atoms with Crippen molar-refractivity contribution in [1.82, 2.24) is 10.6 Å². The summed E-state index contributed by atoms with van der Waals surface area (Å²) >= 11 is 0. The molecule has 0 aromatic carbocycles. The third kappa shape index (κ3) is 12.0. The van der Waals surface area contributed by atoms with Crippen molar-refractivity contribution in [3.63, 3.8) is 0 Å². The third-order valence-corrected chi connectivity index (χ3v) is 1.98. The second-order valence-electron chi connectivity index (χ2n) is 3.81. The van der Waals surface area contributed by atoms with Crippen molar-refractivity contribution in [2.45, 2.75) is 27.2 Å². The Labute approximate surface area is 117 Å². The summed E-state index contributed by atoms with van der Waals surface area (Å²) in [6.07, 6.45) is 1.16. The maximum atomic E-state index is 5.23. The lowest BCUT2D eigenvalue weighted by Gasteiger charge is -2.12. The second-order valence-corrected chi connectivity index (χ2v) is 3.81. The minimum atomic E-state index is 0. The molecule has 0 radical (unpaired) electrons. The molecule has 0 aliphatic heterocycles. The fourth-order valence-corrected chi connectivity index (χ4v) is 1.09. The van der Waals surface area contributed by atoms with Gasteiger partial charge >= 0.3 is 0 Å². The Balaban J connectivity index is 0. The number of guanidine groups is 1. The molecule has 0 heterocycles. The minimum Gasteiger partial charge on any atom is -0.380 e.